The fourth-order valence-corrected chi connectivity index (χ4v) is 4.77. The predicted octanol–water partition coefficient (Wildman–Crippen LogP) is 5.28. The van der Waals surface area contributed by atoms with Crippen molar-refractivity contribution in [2.24, 2.45) is 0 Å². The molecule has 1 atom stereocenters. The number of carbonyl (C=O) groups excluding carboxylic acids is 3. The van der Waals surface area contributed by atoms with Crippen LogP contribution in [0.1, 0.15) is 49.5 Å². The van der Waals surface area contributed by atoms with E-state index in [0.717, 1.165) is 26.5 Å². The average Bonchev–Trinajstić information content (AvgIpc) is 3.11. The highest BCUT2D eigenvalue weighted by Crippen LogP contribution is 2.37. The van der Waals surface area contributed by atoms with Gasteiger partial charge in [0.15, 0.2) is 0 Å². The first-order valence-electron chi connectivity index (χ1n) is 11.9. The second kappa shape index (κ2) is 10.6. The number of rotatable bonds is 9. The van der Waals surface area contributed by atoms with Crippen LogP contribution in [0.25, 0.3) is 10.8 Å². The van der Waals surface area contributed by atoms with Gasteiger partial charge in [-0.1, -0.05) is 52.3 Å². The molecule has 1 aliphatic heterocycles. The van der Waals surface area contributed by atoms with E-state index >= 15 is 0 Å². The fourth-order valence-electron chi connectivity index (χ4n) is 4.51. The molecule has 3 amide bonds. The Morgan fingerprint density at radius 1 is 1.00 bits per heavy atom. The molecule has 0 saturated carbocycles. The molecule has 0 unspecified atom stereocenters. The number of nitrogens with zero attached hydrogens (tertiary/aromatic N) is 2. The molecule has 0 saturated heterocycles. The van der Waals surface area contributed by atoms with Gasteiger partial charge < -0.3 is 15.1 Å². The quantitative estimate of drug-likeness (QED) is 0.405. The zero-order chi connectivity index (χ0) is 25.1. The normalized spacial score (nSPS) is 13.4. The topological polar surface area (TPSA) is 69.7 Å². The van der Waals surface area contributed by atoms with Gasteiger partial charge in [-0.25, -0.2) is 0 Å². The maximum Gasteiger partial charge on any atom is 0.258 e. The molecule has 1 aliphatic rings. The number of hydrogen-bond donors (Lipinski definition) is 1. The van der Waals surface area contributed by atoms with Crippen molar-refractivity contribution in [3.63, 3.8) is 0 Å². The molecule has 4 rings (SSSR count). The summed E-state index contributed by atoms with van der Waals surface area (Å²) in [6, 6.07) is 18.8. The Labute approximate surface area is 214 Å². The van der Waals surface area contributed by atoms with Crippen molar-refractivity contribution >= 4 is 50.1 Å². The number of amides is 3. The van der Waals surface area contributed by atoms with E-state index in [9.17, 15) is 14.4 Å². The molecule has 0 spiro atoms. The van der Waals surface area contributed by atoms with Crippen LogP contribution in [0, 0.1) is 0 Å². The van der Waals surface area contributed by atoms with Crippen molar-refractivity contribution in [1.29, 1.82) is 0 Å². The molecular formula is C28H30BrN3O3. The smallest absolute Gasteiger partial charge is 0.258 e. The van der Waals surface area contributed by atoms with Crippen LogP contribution in [-0.2, 0) is 16.1 Å². The summed E-state index contributed by atoms with van der Waals surface area (Å²) < 4.78 is 0.955. The third-order valence-corrected chi connectivity index (χ3v) is 6.81. The largest absolute Gasteiger partial charge is 0.352 e. The van der Waals surface area contributed by atoms with Gasteiger partial charge in [0.1, 0.15) is 6.04 Å². The van der Waals surface area contributed by atoms with Crippen LogP contribution in [0.3, 0.4) is 0 Å². The van der Waals surface area contributed by atoms with Crippen LogP contribution in [0.4, 0.5) is 5.69 Å². The van der Waals surface area contributed by atoms with Gasteiger partial charge in [0.05, 0.1) is 5.69 Å². The Hall–Kier alpha value is -3.19. The van der Waals surface area contributed by atoms with Crippen molar-refractivity contribution in [3.8, 4) is 0 Å². The van der Waals surface area contributed by atoms with E-state index in [2.05, 4.69) is 21.2 Å². The van der Waals surface area contributed by atoms with E-state index in [1.807, 2.05) is 74.5 Å². The Kier molecular flexibility index (Phi) is 7.55. The first-order valence-corrected chi connectivity index (χ1v) is 12.7. The summed E-state index contributed by atoms with van der Waals surface area (Å²) in [5.74, 6) is -0.315. The molecule has 0 aromatic heterocycles. The van der Waals surface area contributed by atoms with Crippen molar-refractivity contribution in [1.82, 2.24) is 10.2 Å². The third kappa shape index (κ3) is 5.40. The summed E-state index contributed by atoms with van der Waals surface area (Å²) in [6.45, 7) is 6.34. The molecular weight excluding hydrogens is 506 g/mol. The van der Waals surface area contributed by atoms with E-state index in [1.54, 1.807) is 16.7 Å². The van der Waals surface area contributed by atoms with Gasteiger partial charge in [-0.2, -0.15) is 0 Å². The van der Waals surface area contributed by atoms with E-state index < -0.39 is 6.04 Å². The maximum atomic E-state index is 13.3. The SMILES string of the molecule is CC(C)NC(=O)[C@H](C)N(Cc1ccc(Br)cc1)C(=O)CCCN1C(=O)c2cccc3cccc1c23. The number of nitrogens with one attached hydrogen (secondary N) is 1. The fraction of sp³-hybridized carbons (Fsp3) is 0.321. The molecule has 3 aromatic carbocycles. The molecule has 3 aromatic rings. The number of anilines is 1. The van der Waals surface area contributed by atoms with E-state index in [0.29, 0.717) is 25.1 Å². The molecule has 35 heavy (non-hydrogen) atoms. The summed E-state index contributed by atoms with van der Waals surface area (Å²) in [4.78, 5) is 42.5. The molecule has 7 heteroatoms. The molecule has 0 radical (unpaired) electrons. The van der Waals surface area contributed by atoms with Gasteiger partial charge in [0.2, 0.25) is 11.8 Å². The molecule has 0 aliphatic carbocycles. The summed E-state index contributed by atoms with van der Waals surface area (Å²) in [7, 11) is 0. The zero-order valence-electron chi connectivity index (χ0n) is 20.3. The lowest BCUT2D eigenvalue weighted by Gasteiger charge is -2.29. The average molecular weight is 536 g/mol. The van der Waals surface area contributed by atoms with Crippen LogP contribution < -0.4 is 10.2 Å². The summed E-state index contributed by atoms with van der Waals surface area (Å²) >= 11 is 3.44. The number of carbonyl (C=O) groups is 3. The van der Waals surface area contributed by atoms with Gasteiger partial charge in [-0.05, 0) is 62.4 Å². The molecule has 6 nitrogen and oxygen atoms in total. The summed E-state index contributed by atoms with van der Waals surface area (Å²) in [6.07, 6.45) is 0.746. The van der Waals surface area contributed by atoms with E-state index in [-0.39, 0.29) is 30.2 Å². The second-order valence-electron chi connectivity index (χ2n) is 9.23. The van der Waals surface area contributed by atoms with Crippen LogP contribution in [0.2, 0.25) is 0 Å². The van der Waals surface area contributed by atoms with E-state index in [1.165, 1.54) is 0 Å². The third-order valence-electron chi connectivity index (χ3n) is 6.29. The highest BCUT2D eigenvalue weighted by Gasteiger charge is 2.30. The van der Waals surface area contributed by atoms with Crippen LogP contribution in [0.5, 0.6) is 0 Å². The van der Waals surface area contributed by atoms with Gasteiger partial charge in [0, 0.05) is 41.0 Å². The van der Waals surface area contributed by atoms with Crippen LogP contribution in [-0.4, -0.2) is 41.2 Å². The monoisotopic (exact) mass is 535 g/mol. The van der Waals surface area contributed by atoms with Crippen molar-refractivity contribution < 1.29 is 14.4 Å². The molecule has 0 bridgehead atoms. The molecule has 1 heterocycles. The lowest BCUT2D eigenvalue weighted by Crippen LogP contribution is -2.49. The molecule has 0 fully saturated rings. The maximum absolute atomic E-state index is 13.3. The van der Waals surface area contributed by atoms with Gasteiger partial charge in [-0.15, -0.1) is 0 Å². The Morgan fingerprint density at radius 2 is 1.69 bits per heavy atom. The van der Waals surface area contributed by atoms with Gasteiger partial charge in [-0.3, -0.25) is 14.4 Å². The molecule has 1 N–H and O–H groups in total. The van der Waals surface area contributed by atoms with Crippen LogP contribution in [0.15, 0.2) is 65.1 Å². The summed E-state index contributed by atoms with van der Waals surface area (Å²) in [5.41, 5.74) is 2.55. The lowest BCUT2D eigenvalue weighted by atomic mass is 10.1. The number of hydrogen-bond acceptors (Lipinski definition) is 3. The molecule has 182 valence electrons. The van der Waals surface area contributed by atoms with Gasteiger partial charge in [0.25, 0.3) is 5.91 Å². The number of benzene rings is 3. The van der Waals surface area contributed by atoms with Crippen molar-refractivity contribution in [3.05, 3.63) is 76.3 Å². The Bertz CT molecular complexity index is 1250. The highest BCUT2D eigenvalue weighted by molar-refractivity contribution is 9.10. The second-order valence-corrected chi connectivity index (χ2v) is 10.1. The zero-order valence-corrected chi connectivity index (χ0v) is 21.8. The Morgan fingerprint density at radius 3 is 2.37 bits per heavy atom. The van der Waals surface area contributed by atoms with Gasteiger partial charge >= 0.3 is 0 Å². The first-order chi connectivity index (χ1) is 16.8. The minimum Gasteiger partial charge on any atom is -0.352 e. The Balaban J connectivity index is 1.46. The minimum absolute atomic E-state index is 0.0138. The number of halogens is 1. The summed E-state index contributed by atoms with van der Waals surface area (Å²) in [5, 5.41) is 4.92. The first kappa shape index (κ1) is 24.9. The van der Waals surface area contributed by atoms with Crippen molar-refractivity contribution in [2.75, 3.05) is 11.4 Å². The van der Waals surface area contributed by atoms with Crippen LogP contribution >= 0.6 is 15.9 Å². The van der Waals surface area contributed by atoms with E-state index in [4.69, 9.17) is 0 Å². The predicted molar refractivity (Wildman–Crippen MR) is 142 cm³/mol. The van der Waals surface area contributed by atoms with Crippen molar-refractivity contribution in [2.45, 2.75) is 52.2 Å². The lowest BCUT2D eigenvalue weighted by molar-refractivity contribution is -0.140. The minimum atomic E-state index is -0.611. The standard InChI is InChI=1S/C28H30BrN3O3/c1-18(2)30-27(34)19(3)32(17-20-12-14-22(29)15-13-20)25(33)11-6-16-31-24-10-5-8-21-7-4-9-23(26(21)24)28(31)35/h4-5,7-10,12-15,18-19H,6,11,16-17H2,1-3H3,(H,30,34)/t19-/m0/s1. The highest BCUT2D eigenvalue weighted by atomic mass is 79.9.